The summed E-state index contributed by atoms with van der Waals surface area (Å²) in [6, 6.07) is 0. The fourth-order valence-corrected chi connectivity index (χ4v) is 0.890. The molecule has 0 aromatic rings. The summed E-state index contributed by atoms with van der Waals surface area (Å²) in [4.78, 5) is 10.5. The predicted molar refractivity (Wildman–Crippen MR) is 31.3 cm³/mol. The monoisotopic (exact) mass is 170 g/mol. The number of carbonyl (C=O) groups is 1. The summed E-state index contributed by atoms with van der Waals surface area (Å²) in [5.41, 5.74) is 0. The highest BCUT2D eigenvalue weighted by molar-refractivity contribution is 6.21. The van der Waals surface area contributed by atoms with Crippen molar-refractivity contribution in [3.05, 3.63) is 0 Å². The highest BCUT2D eigenvalue weighted by Gasteiger charge is 2.32. The van der Waals surface area contributed by atoms with Crippen LogP contribution in [0.1, 0.15) is 0 Å². The first-order valence-electron chi connectivity index (χ1n) is 2.30. The molecule has 1 heterocycles. The van der Waals surface area contributed by atoms with Gasteiger partial charge < -0.3 is 9.47 Å². The van der Waals surface area contributed by atoms with Crippen LogP contribution in [0.5, 0.6) is 0 Å². The molecule has 0 saturated carbocycles. The van der Waals surface area contributed by atoms with E-state index in [0.717, 1.165) is 0 Å². The van der Waals surface area contributed by atoms with E-state index in [1.807, 2.05) is 0 Å². The first kappa shape index (κ1) is 7.12. The second-order valence-electron chi connectivity index (χ2n) is 1.49. The van der Waals surface area contributed by atoms with E-state index in [1.54, 1.807) is 0 Å². The molecule has 0 spiro atoms. The third-order valence-corrected chi connectivity index (χ3v) is 1.36. The van der Waals surface area contributed by atoms with E-state index in [2.05, 4.69) is 9.47 Å². The van der Waals surface area contributed by atoms with Gasteiger partial charge in [0.25, 0.3) is 5.75 Å². The van der Waals surface area contributed by atoms with E-state index in [9.17, 15) is 4.79 Å². The topological polar surface area (TPSA) is 35.5 Å². The minimum Gasteiger partial charge on any atom is -0.419 e. The van der Waals surface area contributed by atoms with Crippen LogP contribution in [0, 0.1) is 0 Å². The van der Waals surface area contributed by atoms with Crippen molar-refractivity contribution in [2.24, 2.45) is 0 Å². The van der Waals surface area contributed by atoms with Crippen molar-refractivity contribution in [3.63, 3.8) is 0 Å². The summed E-state index contributed by atoms with van der Waals surface area (Å²) in [7, 11) is 0. The number of carbonyl (C=O) groups excluding carboxylic acids is 1. The molecule has 52 valence electrons. The van der Waals surface area contributed by atoms with Crippen LogP contribution in [-0.4, -0.2) is 23.7 Å². The van der Waals surface area contributed by atoms with E-state index >= 15 is 0 Å². The molecule has 0 radical (unpaired) electrons. The fourth-order valence-electron chi connectivity index (χ4n) is 0.479. The first-order chi connectivity index (χ1) is 4.24. The highest BCUT2D eigenvalue weighted by atomic mass is 35.5. The lowest BCUT2D eigenvalue weighted by molar-refractivity contribution is -0.139. The summed E-state index contributed by atoms with van der Waals surface area (Å²) in [6.45, 7) is 0. The number of esters is 1. The van der Waals surface area contributed by atoms with Crippen LogP contribution in [0.25, 0.3) is 0 Å². The number of cyclic esters (lactones) is 1. The Morgan fingerprint density at radius 1 is 1.67 bits per heavy atom. The van der Waals surface area contributed by atoms with Crippen LogP contribution in [0.3, 0.4) is 0 Å². The van der Waals surface area contributed by atoms with Gasteiger partial charge in [0.2, 0.25) is 0 Å². The molecule has 3 nitrogen and oxygen atoms in total. The molecule has 0 aromatic carbocycles. The van der Waals surface area contributed by atoms with E-state index < -0.39 is 17.8 Å². The smallest absolute Gasteiger partial charge is 0.339 e. The number of hydrogen-bond donors (Lipinski definition) is 0. The zero-order valence-corrected chi connectivity index (χ0v) is 5.85. The molecule has 0 bridgehead atoms. The third-order valence-electron chi connectivity index (χ3n) is 0.883. The molecule has 1 fully saturated rings. The van der Waals surface area contributed by atoms with Crippen molar-refractivity contribution in [2.75, 3.05) is 5.88 Å². The molecule has 1 saturated heterocycles. The molecule has 9 heavy (non-hydrogen) atoms. The molecule has 1 aliphatic rings. The summed E-state index contributed by atoms with van der Waals surface area (Å²) < 4.78 is 9.07. The largest absolute Gasteiger partial charge is 0.419 e. The molecule has 0 aliphatic carbocycles. The molecule has 1 aliphatic heterocycles. The lowest BCUT2D eigenvalue weighted by atomic mass is 10.4. The summed E-state index contributed by atoms with van der Waals surface area (Å²) in [5.74, 6) is -1.37. The van der Waals surface area contributed by atoms with E-state index in [1.165, 1.54) is 0 Å². The van der Waals surface area contributed by atoms with Gasteiger partial charge in [-0.15, -0.1) is 11.6 Å². The van der Waals surface area contributed by atoms with Gasteiger partial charge in [-0.2, -0.15) is 0 Å². The maximum atomic E-state index is 10.5. The molecule has 0 aromatic heterocycles. The van der Waals surface area contributed by atoms with Crippen molar-refractivity contribution >= 4 is 29.2 Å². The fraction of sp³-hybridized carbons (Fsp3) is 0.750. The normalized spacial score (nSPS) is 34.7. The second-order valence-corrected chi connectivity index (χ2v) is 2.16. The first-order valence-corrected chi connectivity index (χ1v) is 3.27. The Morgan fingerprint density at radius 2 is 2.33 bits per heavy atom. The molecule has 0 N–H and O–H groups in total. The molecular weight excluding hydrogens is 167 g/mol. The Labute approximate surface area is 61.8 Å². The maximum absolute atomic E-state index is 10.5. The standard InChI is InChI=1S/C4H4Cl2O3/c5-1-2-3(7)9-4(6)8-2/h2,4H,1H2/t2-,4-/m0/s1. The average Bonchev–Trinajstić information content (AvgIpc) is 2.10. The van der Waals surface area contributed by atoms with Gasteiger partial charge in [-0.05, 0) is 11.6 Å². The number of ether oxygens (including phenoxy) is 2. The number of alkyl halides is 2. The van der Waals surface area contributed by atoms with Crippen molar-refractivity contribution in [3.8, 4) is 0 Å². The average molecular weight is 171 g/mol. The summed E-state index contributed by atoms with van der Waals surface area (Å²) in [5, 5.41) is 0. The van der Waals surface area contributed by atoms with Gasteiger partial charge in [0.05, 0.1) is 5.88 Å². The molecule has 0 amide bonds. The Kier molecular flexibility index (Phi) is 2.16. The number of rotatable bonds is 1. The van der Waals surface area contributed by atoms with Crippen LogP contribution in [0.15, 0.2) is 0 Å². The Bertz CT molecular complexity index is 127. The zero-order valence-electron chi connectivity index (χ0n) is 4.34. The predicted octanol–water partition coefficient (Wildman–Crippen LogP) is 0.690. The second kappa shape index (κ2) is 2.73. The lowest BCUT2D eigenvalue weighted by Gasteiger charge is -1.96. The van der Waals surface area contributed by atoms with Gasteiger partial charge in [0.15, 0.2) is 6.10 Å². The van der Waals surface area contributed by atoms with Crippen molar-refractivity contribution in [1.82, 2.24) is 0 Å². The minimum absolute atomic E-state index is 0.0854. The van der Waals surface area contributed by atoms with E-state index in [4.69, 9.17) is 23.2 Å². The molecule has 1 rings (SSSR count). The summed E-state index contributed by atoms with van der Waals surface area (Å²) >= 11 is 10.5. The van der Waals surface area contributed by atoms with Crippen molar-refractivity contribution in [2.45, 2.75) is 11.9 Å². The van der Waals surface area contributed by atoms with Crippen molar-refractivity contribution in [1.29, 1.82) is 0 Å². The van der Waals surface area contributed by atoms with Gasteiger partial charge in [-0.25, -0.2) is 4.79 Å². The van der Waals surface area contributed by atoms with E-state index in [0.29, 0.717) is 0 Å². The summed E-state index contributed by atoms with van der Waals surface area (Å²) in [6.07, 6.45) is -0.686. The number of hydrogen-bond acceptors (Lipinski definition) is 3. The molecule has 0 unspecified atom stereocenters. The van der Waals surface area contributed by atoms with Crippen LogP contribution in [0.2, 0.25) is 0 Å². The molecule has 2 atom stereocenters. The van der Waals surface area contributed by atoms with Gasteiger partial charge >= 0.3 is 5.97 Å². The van der Waals surface area contributed by atoms with Crippen LogP contribution in [-0.2, 0) is 14.3 Å². The number of halogens is 2. The van der Waals surface area contributed by atoms with Gasteiger partial charge in [-0.3, -0.25) is 0 Å². The van der Waals surface area contributed by atoms with Gasteiger partial charge in [0.1, 0.15) is 0 Å². The third kappa shape index (κ3) is 1.47. The Hall–Kier alpha value is 0.01000. The SMILES string of the molecule is O=C1O[C@@H](Cl)O[C@H]1CCl. The zero-order chi connectivity index (χ0) is 6.85. The Balaban J connectivity index is 2.48. The van der Waals surface area contributed by atoms with Gasteiger partial charge in [0, 0.05) is 0 Å². The Morgan fingerprint density at radius 3 is 2.56 bits per heavy atom. The molecule has 5 heteroatoms. The van der Waals surface area contributed by atoms with Crippen LogP contribution in [0.4, 0.5) is 0 Å². The van der Waals surface area contributed by atoms with Crippen LogP contribution >= 0.6 is 23.2 Å². The lowest BCUT2D eigenvalue weighted by Crippen LogP contribution is -2.17. The molecular formula is C4H4Cl2O3. The quantitative estimate of drug-likeness (QED) is 0.430. The maximum Gasteiger partial charge on any atom is 0.339 e. The van der Waals surface area contributed by atoms with Crippen LogP contribution < -0.4 is 0 Å². The minimum atomic E-state index is -0.957. The van der Waals surface area contributed by atoms with Gasteiger partial charge in [-0.1, -0.05) is 0 Å². The highest BCUT2D eigenvalue weighted by Crippen LogP contribution is 2.16. The van der Waals surface area contributed by atoms with Crippen molar-refractivity contribution < 1.29 is 14.3 Å². The van der Waals surface area contributed by atoms with E-state index in [-0.39, 0.29) is 5.88 Å².